The number of ketones is 1. The van der Waals surface area contributed by atoms with E-state index in [0.29, 0.717) is 16.9 Å². The third kappa shape index (κ3) is 4.37. The molecule has 0 bridgehead atoms. The standard InChI is InChI=1S/C25H24O3/c1-4-19-14-13-17(2)23(15-19)28-25(27)18(3)21-11-8-12-22(16-21)24(26)20-9-6-5-7-10-20/h5-16,18H,4H2,1-3H3/t18-/m0/s1. The molecule has 0 aliphatic carbocycles. The average Bonchev–Trinajstić information content (AvgIpc) is 2.74. The number of hydrogen-bond donors (Lipinski definition) is 0. The van der Waals surface area contributed by atoms with Crippen LogP contribution in [0.5, 0.6) is 5.75 Å². The van der Waals surface area contributed by atoms with E-state index < -0.39 is 5.92 Å². The summed E-state index contributed by atoms with van der Waals surface area (Å²) in [5, 5.41) is 0. The van der Waals surface area contributed by atoms with Crippen molar-refractivity contribution in [2.45, 2.75) is 33.1 Å². The Morgan fingerprint density at radius 3 is 2.32 bits per heavy atom. The first kappa shape index (κ1) is 19.6. The maximum atomic E-state index is 12.7. The van der Waals surface area contributed by atoms with Crippen molar-refractivity contribution in [1.82, 2.24) is 0 Å². The van der Waals surface area contributed by atoms with Crippen molar-refractivity contribution in [1.29, 1.82) is 0 Å². The highest BCUT2D eigenvalue weighted by Crippen LogP contribution is 2.25. The van der Waals surface area contributed by atoms with Gasteiger partial charge in [0, 0.05) is 11.1 Å². The third-order valence-electron chi connectivity index (χ3n) is 4.91. The topological polar surface area (TPSA) is 43.4 Å². The normalized spacial score (nSPS) is 11.7. The number of carbonyl (C=O) groups excluding carboxylic acids is 2. The summed E-state index contributed by atoms with van der Waals surface area (Å²) in [4.78, 5) is 25.4. The van der Waals surface area contributed by atoms with Crippen LogP contribution in [-0.2, 0) is 11.2 Å². The van der Waals surface area contributed by atoms with Crippen LogP contribution < -0.4 is 4.74 Å². The first-order valence-corrected chi connectivity index (χ1v) is 9.50. The van der Waals surface area contributed by atoms with Gasteiger partial charge in [-0.15, -0.1) is 0 Å². The predicted molar refractivity (Wildman–Crippen MR) is 111 cm³/mol. The van der Waals surface area contributed by atoms with Crippen molar-refractivity contribution in [3.8, 4) is 5.75 Å². The molecule has 3 aromatic rings. The SMILES string of the molecule is CCc1ccc(C)c(OC(=O)[C@@H](C)c2cccc(C(=O)c3ccccc3)c2)c1. The molecular formula is C25H24O3. The van der Waals surface area contributed by atoms with Crippen LogP contribution in [0.4, 0.5) is 0 Å². The summed E-state index contributed by atoms with van der Waals surface area (Å²) in [7, 11) is 0. The largest absolute Gasteiger partial charge is 0.426 e. The third-order valence-corrected chi connectivity index (χ3v) is 4.91. The van der Waals surface area contributed by atoms with E-state index in [1.54, 1.807) is 37.3 Å². The van der Waals surface area contributed by atoms with Crippen molar-refractivity contribution in [2.24, 2.45) is 0 Å². The number of esters is 1. The smallest absolute Gasteiger partial charge is 0.318 e. The van der Waals surface area contributed by atoms with Gasteiger partial charge in [0.15, 0.2) is 5.78 Å². The van der Waals surface area contributed by atoms with Gasteiger partial charge in [-0.25, -0.2) is 0 Å². The van der Waals surface area contributed by atoms with E-state index in [1.807, 2.05) is 49.4 Å². The molecule has 0 fully saturated rings. The van der Waals surface area contributed by atoms with Crippen molar-refractivity contribution in [3.05, 3.63) is 101 Å². The Morgan fingerprint density at radius 2 is 1.61 bits per heavy atom. The molecule has 1 atom stereocenters. The van der Waals surface area contributed by atoms with Gasteiger partial charge in [0.1, 0.15) is 5.75 Å². The second kappa shape index (κ2) is 8.66. The second-order valence-corrected chi connectivity index (χ2v) is 6.92. The summed E-state index contributed by atoms with van der Waals surface area (Å²) < 4.78 is 5.66. The van der Waals surface area contributed by atoms with E-state index in [2.05, 4.69) is 6.92 Å². The predicted octanol–water partition coefficient (Wildman–Crippen LogP) is 5.50. The minimum Gasteiger partial charge on any atom is -0.426 e. The Labute approximate surface area is 166 Å². The van der Waals surface area contributed by atoms with Gasteiger partial charge in [0.05, 0.1) is 5.92 Å². The van der Waals surface area contributed by atoms with E-state index in [9.17, 15) is 9.59 Å². The molecule has 0 amide bonds. The van der Waals surface area contributed by atoms with Crippen molar-refractivity contribution < 1.29 is 14.3 Å². The first-order valence-electron chi connectivity index (χ1n) is 9.50. The maximum Gasteiger partial charge on any atom is 0.318 e. The van der Waals surface area contributed by atoms with Crippen LogP contribution in [0.1, 0.15) is 52.4 Å². The molecule has 3 heteroatoms. The number of ether oxygens (including phenoxy) is 1. The molecule has 0 aliphatic heterocycles. The Morgan fingerprint density at radius 1 is 0.893 bits per heavy atom. The summed E-state index contributed by atoms with van der Waals surface area (Å²) in [5.74, 6) is -0.281. The fourth-order valence-electron chi connectivity index (χ4n) is 3.01. The van der Waals surface area contributed by atoms with Crippen LogP contribution in [-0.4, -0.2) is 11.8 Å². The summed E-state index contributed by atoms with van der Waals surface area (Å²) in [6.45, 7) is 5.79. The summed E-state index contributed by atoms with van der Waals surface area (Å²) in [6, 6.07) is 22.2. The molecule has 0 spiro atoms. The number of hydrogen-bond acceptors (Lipinski definition) is 3. The van der Waals surface area contributed by atoms with Gasteiger partial charge in [-0.2, -0.15) is 0 Å². The van der Waals surface area contributed by atoms with Crippen LogP contribution in [0, 0.1) is 6.92 Å². The first-order chi connectivity index (χ1) is 13.5. The minimum atomic E-state index is -0.479. The highest BCUT2D eigenvalue weighted by molar-refractivity contribution is 6.09. The van der Waals surface area contributed by atoms with Crippen LogP contribution in [0.15, 0.2) is 72.8 Å². The average molecular weight is 372 g/mol. The van der Waals surface area contributed by atoms with Crippen molar-refractivity contribution >= 4 is 11.8 Å². The van der Waals surface area contributed by atoms with Gasteiger partial charge < -0.3 is 4.74 Å². The lowest BCUT2D eigenvalue weighted by molar-refractivity contribution is -0.135. The lowest BCUT2D eigenvalue weighted by Crippen LogP contribution is -2.17. The highest BCUT2D eigenvalue weighted by Gasteiger charge is 2.20. The van der Waals surface area contributed by atoms with Gasteiger partial charge in [-0.05, 0) is 49.1 Å². The van der Waals surface area contributed by atoms with E-state index >= 15 is 0 Å². The number of rotatable bonds is 6. The molecular weight excluding hydrogens is 348 g/mol. The van der Waals surface area contributed by atoms with Crippen molar-refractivity contribution in [2.75, 3.05) is 0 Å². The maximum absolute atomic E-state index is 12.7. The van der Waals surface area contributed by atoms with Gasteiger partial charge in [-0.1, -0.05) is 67.6 Å². The molecule has 3 aromatic carbocycles. The van der Waals surface area contributed by atoms with Crippen molar-refractivity contribution in [3.63, 3.8) is 0 Å². The molecule has 0 aromatic heterocycles. The Balaban J connectivity index is 1.80. The summed E-state index contributed by atoms with van der Waals surface area (Å²) >= 11 is 0. The van der Waals surface area contributed by atoms with Gasteiger partial charge >= 0.3 is 5.97 Å². The quantitative estimate of drug-likeness (QED) is 0.326. The zero-order valence-electron chi connectivity index (χ0n) is 16.4. The molecule has 3 rings (SSSR count). The number of benzene rings is 3. The van der Waals surface area contributed by atoms with E-state index in [0.717, 1.165) is 23.1 Å². The van der Waals surface area contributed by atoms with E-state index in [-0.39, 0.29) is 11.8 Å². The van der Waals surface area contributed by atoms with Crippen LogP contribution in [0.25, 0.3) is 0 Å². The second-order valence-electron chi connectivity index (χ2n) is 6.92. The number of carbonyl (C=O) groups is 2. The fraction of sp³-hybridized carbons (Fsp3) is 0.200. The van der Waals surface area contributed by atoms with E-state index in [1.165, 1.54) is 0 Å². The molecule has 142 valence electrons. The Kier molecular flexibility index (Phi) is 6.05. The van der Waals surface area contributed by atoms with Gasteiger partial charge in [0.2, 0.25) is 0 Å². The zero-order chi connectivity index (χ0) is 20.1. The Hall–Kier alpha value is -3.20. The highest BCUT2D eigenvalue weighted by atomic mass is 16.5. The monoisotopic (exact) mass is 372 g/mol. The van der Waals surface area contributed by atoms with E-state index in [4.69, 9.17) is 4.74 Å². The van der Waals surface area contributed by atoms with Gasteiger partial charge in [-0.3, -0.25) is 9.59 Å². The molecule has 0 heterocycles. The Bertz CT molecular complexity index is 990. The molecule has 28 heavy (non-hydrogen) atoms. The minimum absolute atomic E-state index is 0.0606. The summed E-state index contributed by atoms with van der Waals surface area (Å²) in [6.07, 6.45) is 0.879. The molecule has 0 saturated carbocycles. The zero-order valence-corrected chi connectivity index (χ0v) is 16.4. The molecule has 0 unspecified atom stereocenters. The molecule has 3 nitrogen and oxygen atoms in total. The van der Waals surface area contributed by atoms with Gasteiger partial charge in [0.25, 0.3) is 0 Å². The lowest BCUT2D eigenvalue weighted by Gasteiger charge is -2.14. The molecule has 0 radical (unpaired) electrons. The number of aryl methyl sites for hydroxylation is 2. The van der Waals surface area contributed by atoms with Crippen LogP contribution >= 0.6 is 0 Å². The molecule has 0 aliphatic rings. The molecule has 0 saturated heterocycles. The molecule has 0 N–H and O–H groups in total. The van der Waals surface area contributed by atoms with Crippen LogP contribution in [0.2, 0.25) is 0 Å². The lowest BCUT2D eigenvalue weighted by atomic mass is 9.96. The fourth-order valence-corrected chi connectivity index (χ4v) is 3.01. The van der Waals surface area contributed by atoms with Crippen LogP contribution in [0.3, 0.4) is 0 Å². The summed E-state index contributed by atoms with van der Waals surface area (Å²) in [5.41, 5.74) is 3.99.